The van der Waals surface area contributed by atoms with Gasteiger partial charge in [0.15, 0.2) is 0 Å². The predicted molar refractivity (Wildman–Crippen MR) is 70.8 cm³/mol. The van der Waals surface area contributed by atoms with Gasteiger partial charge in [-0.15, -0.1) is 0 Å². The minimum Gasteiger partial charge on any atom is -0.389 e. The highest BCUT2D eigenvalue weighted by Gasteiger charge is 2.21. The summed E-state index contributed by atoms with van der Waals surface area (Å²) < 4.78 is 25.9. The summed E-state index contributed by atoms with van der Waals surface area (Å²) in [6.45, 7) is 1.70. The van der Waals surface area contributed by atoms with Crippen LogP contribution in [0.2, 0.25) is 0 Å². The van der Waals surface area contributed by atoms with E-state index in [1.807, 2.05) is 0 Å². The quantitative estimate of drug-likeness (QED) is 0.894. The van der Waals surface area contributed by atoms with E-state index in [0.29, 0.717) is 12.8 Å². The Morgan fingerprint density at radius 1 is 0.895 bits per heavy atom. The lowest BCUT2D eigenvalue weighted by Crippen LogP contribution is -2.30. The van der Waals surface area contributed by atoms with Crippen molar-refractivity contribution in [3.05, 3.63) is 71.3 Å². The fourth-order valence-electron chi connectivity index (χ4n) is 2.19. The van der Waals surface area contributed by atoms with Gasteiger partial charge in [0, 0.05) is 12.8 Å². The van der Waals surface area contributed by atoms with Crippen LogP contribution in [0.3, 0.4) is 0 Å². The van der Waals surface area contributed by atoms with Crippen molar-refractivity contribution in [3.8, 4) is 0 Å². The van der Waals surface area contributed by atoms with Gasteiger partial charge in [-0.05, 0) is 42.3 Å². The van der Waals surface area contributed by atoms with Gasteiger partial charge >= 0.3 is 0 Å². The summed E-state index contributed by atoms with van der Waals surface area (Å²) in [7, 11) is 0. The Morgan fingerprint density at radius 3 is 2.16 bits per heavy atom. The molecule has 19 heavy (non-hydrogen) atoms. The largest absolute Gasteiger partial charge is 0.389 e. The summed E-state index contributed by atoms with van der Waals surface area (Å²) in [6, 6.07) is 12.2. The standard InChI is InChI=1S/C16H16F2O/c1-16(19,10-12-5-7-14(17)8-6-12)11-13-3-2-4-15(18)9-13/h2-9,19H,10-11H2,1H3. The van der Waals surface area contributed by atoms with Gasteiger partial charge in [0.2, 0.25) is 0 Å². The fourth-order valence-corrected chi connectivity index (χ4v) is 2.19. The van der Waals surface area contributed by atoms with Crippen molar-refractivity contribution in [1.29, 1.82) is 0 Å². The molecule has 100 valence electrons. The molecule has 0 fully saturated rings. The minimum absolute atomic E-state index is 0.298. The third-order valence-electron chi connectivity index (χ3n) is 2.97. The van der Waals surface area contributed by atoms with Crippen molar-refractivity contribution in [1.82, 2.24) is 0 Å². The maximum absolute atomic E-state index is 13.1. The van der Waals surface area contributed by atoms with Crippen LogP contribution in [0.1, 0.15) is 18.1 Å². The Balaban J connectivity index is 2.07. The van der Waals surface area contributed by atoms with Crippen molar-refractivity contribution >= 4 is 0 Å². The first-order valence-electron chi connectivity index (χ1n) is 6.16. The molecule has 0 aliphatic rings. The van der Waals surface area contributed by atoms with E-state index in [-0.39, 0.29) is 11.6 Å². The topological polar surface area (TPSA) is 20.2 Å². The normalized spacial score (nSPS) is 14.1. The maximum atomic E-state index is 13.1. The van der Waals surface area contributed by atoms with E-state index in [4.69, 9.17) is 0 Å². The van der Waals surface area contributed by atoms with Gasteiger partial charge in [0.05, 0.1) is 5.60 Å². The smallest absolute Gasteiger partial charge is 0.123 e. The van der Waals surface area contributed by atoms with Gasteiger partial charge < -0.3 is 5.11 Å². The van der Waals surface area contributed by atoms with Crippen LogP contribution in [-0.4, -0.2) is 10.7 Å². The molecule has 0 radical (unpaired) electrons. The number of benzene rings is 2. The first-order chi connectivity index (χ1) is 8.94. The molecular weight excluding hydrogens is 246 g/mol. The summed E-state index contributed by atoms with van der Waals surface area (Å²) in [5.74, 6) is -0.608. The lowest BCUT2D eigenvalue weighted by Gasteiger charge is -2.23. The zero-order valence-corrected chi connectivity index (χ0v) is 10.7. The summed E-state index contributed by atoms with van der Waals surface area (Å²) in [4.78, 5) is 0. The van der Waals surface area contributed by atoms with E-state index >= 15 is 0 Å². The molecule has 2 aromatic carbocycles. The number of halogens is 2. The first kappa shape index (κ1) is 13.7. The molecule has 0 aliphatic heterocycles. The van der Waals surface area contributed by atoms with Crippen LogP contribution in [0.15, 0.2) is 48.5 Å². The van der Waals surface area contributed by atoms with Gasteiger partial charge in [-0.1, -0.05) is 24.3 Å². The van der Waals surface area contributed by atoms with Crippen LogP contribution in [0.4, 0.5) is 8.78 Å². The number of hydrogen-bond donors (Lipinski definition) is 1. The van der Waals surface area contributed by atoms with Crippen molar-refractivity contribution < 1.29 is 13.9 Å². The Morgan fingerprint density at radius 2 is 1.53 bits per heavy atom. The second-order valence-corrected chi connectivity index (χ2v) is 5.11. The van der Waals surface area contributed by atoms with E-state index in [9.17, 15) is 13.9 Å². The highest BCUT2D eigenvalue weighted by molar-refractivity contribution is 5.22. The molecule has 2 rings (SSSR count). The van der Waals surface area contributed by atoms with Gasteiger partial charge in [0.1, 0.15) is 11.6 Å². The summed E-state index contributed by atoms with van der Waals surface area (Å²) in [6.07, 6.45) is 0.742. The summed E-state index contributed by atoms with van der Waals surface area (Å²) >= 11 is 0. The van der Waals surface area contributed by atoms with Gasteiger partial charge in [-0.3, -0.25) is 0 Å². The van der Waals surface area contributed by atoms with Crippen LogP contribution in [0, 0.1) is 11.6 Å². The molecule has 0 spiro atoms. The van der Waals surface area contributed by atoms with Crippen LogP contribution in [0.25, 0.3) is 0 Å². The van der Waals surface area contributed by atoms with Crippen LogP contribution in [0.5, 0.6) is 0 Å². The molecular formula is C16H16F2O. The Bertz CT molecular complexity index is 547. The van der Waals surface area contributed by atoms with Crippen LogP contribution in [-0.2, 0) is 12.8 Å². The minimum atomic E-state index is -0.994. The number of hydrogen-bond acceptors (Lipinski definition) is 1. The zero-order valence-electron chi connectivity index (χ0n) is 10.7. The molecule has 1 atom stereocenters. The first-order valence-corrected chi connectivity index (χ1v) is 6.16. The second-order valence-electron chi connectivity index (χ2n) is 5.11. The lowest BCUT2D eigenvalue weighted by molar-refractivity contribution is 0.0607. The molecule has 0 aromatic heterocycles. The summed E-state index contributed by atoms with van der Waals surface area (Å²) in [5, 5.41) is 10.4. The van der Waals surface area contributed by atoms with E-state index < -0.39 is 5.60 Å². The van der Waals surface area contributed by atoms with Crippen LogP contribution >= 0.6 is 0 Å². The van der Waals surface area contributed by atoms with Crippen molar-refractivity contribution in [2.75, 3.05) is 0 Å². The Labute approximate surface area is 111 Å². The summed E-state index contributed by atoms with van der Waals surface area (Å²) in [5.41, 5.74) is 0.598. The molecule has 0 saturated heterocycles. The third-order valence-corrected chi connectivity index (χ3v) is 2.97. The highest BCUT2D eigenvalue weighted by Crippen LogP contribution is 2.19. The van der Waals surface area contributed by atoms with Gasteiger partial charge in [-0.25, -0.2) is 8.78 Å². The van der Waals surface area contributed by atoms with Gasteiger partial charge in [0.25, 0.3) is 0 Å². The van der Waals surface area contributed by atoms with E-state index in [1.165, 1.54) is 24.3 Å². The van der Waals surface area contributed by atoms with Crippen molar-refractivity contribution in [2.45, 2.75) is 25.4 Å². The van der Waals surface area contributed by atoms with E-state index in [0.717, 1.165) is 11.1 Å². The Hall–Kier alpha value is -1.74. The molecule has 1 N–H and O–H groups in total. The number of rotatable bonds is 4. The molecule has 0 heterocycles. The molecule has 0 amide bonds. The van der Waals surface area contributed by atoms with Gasteiger partial charge in [-0.2, -0.15) is 0 Å². The monoisotopic (exact) mass is 262 g/mol. The second kappa shape index (κ2) is 5.49. The molecule has 0 aliphatic carbocycles. The molecule has 1 unspecified atom stereocenters. The predicted octanol–water partition coefficient (Wildman–Crippen LogP) is 3.50. The third kappa shape index (κ3) is 4.14. The molecule has 0 saturated carbocycles. The SMILES string of the molecule is CC(O)(Cc1ccc(F)cc1)Cc1cccc(F)c1. The van der Waals surface area contributed by atoms with Crippen molar-refractivity contribution in [3.63, 3.8) is 0 Å². The van der Waals surface area contributed by atoms with Crippen LogP contribution < -0.4 is 0 Å². The molecule has 0 bridgehead atoms. The average molecular weight is 262 g/mol. The van der Waals surface area contributed by atoms with Crippen molar-refractivity contribution in [2.24, 2.45) is 0 Å². The molecule has 2 aromatic rings. The molecule has 1 nitrogen and oxygen atoms in total. The Kier molecular flexibility index (Phi) is 3.96. The lowest BCUT2D eigenvalue weighted by atomic mass is 9.90. The number of aliphatic hydroxyl groups is 1. The highest BCUT2D eigenvalue weighted by atomic mass is 19.1. The zero-order chi connectivity index (χ0) is 13.9. The van der Waals surface area contributed by atoms with E-state index in [2.05, 4.69) is 0 Å². The average Bonchev–Trinajstić information content (AvgIpc) is 2.31. The van der Waals surface area contributed by atoms with E-state index in [1.54, 1.807) is 31.2 Å². The fraction of sp³-hybridized carbons (Fsp3) is 0.250. The maximum Gasteiger partial charge on any atom is 0.123 e. The molecule has 3 heteroatoms.